The third kappa shape index (κ3) is 1.49. The van der Waals surface area contributed by atoms with Gasteiger partial charge in [-0.05, 0) is 18.3 Å². The molecule has 2 atom stereocenters. The number of rotatable bonds is 1. The van der Waals surface area contributed by atoms with Gasteiger partial charge in [0.2, 0.25) is 0 Å². The fraction of sp³-hybridized carbons (Fsp3) is 0.667. The number of carbonyl (C=O) groups is 1. The van der Waals surface area contributed by atoms with Crippen molar-refractivity contribution >= 4 is 16.9 Å². The summed E-state index contributed by atoms with van der Waals surface area (Å²) in [4.78, 5) is 42.4. The minimum absolute atomic E-state index is 0.254. The quantitative estimate of drug-likeness (QED) is 0.773. The number of Topliss-reactive ketones (excluding diaryl/α,β-unsaturated/α-hetero) is 1. The van der Waals surface area contributed by atoms with Crippen molar-refractivity contribution < 1.29 is 4.79 Å². The van der Waals surface area contributed by atoms with E-state index in [0.717, 1.165) is 23.2 Å². The molecule has 2 aliphatic rings. The van der Waals surface area contributed by atoms with Crippen LogP contribution in [-0.4, -0.2) is 24.5 Å². The minimum atomic E-state index is -0.395. The van der Waals surface area contributed by atoms with Gasteiger partial charge in [-0.1, -0.05) is 20.8 Å². The number of hydrogen-bond acceptors (Lipinski definition) is 4. The summed E-state index contributed by atoms with van der Waals surface area (Å²) in [5.41, 5.74) is -0.941. The molecule has 25 heavy (non-hydrogen) atoms. The summed E-state index contributed by atoms with van der Waals surface area (Å²) in [5, 5.41) is 0. The average molecular weight is 344 g/mol. The number of nitrogens with zero attached hydrogens (tertiary/aromatic N) is 4. The van der Waals surface area contributed by atoms with Crippen LogP contribution in [0.1, 0.15) is 45.9 Å². The van der Waals surface area contributed by atoms with Crippen molar-refractivity contribution in [3.63, 3.8) is 0 Å². The smallest absolute Gasteiger partial charge is 0.325 e. The molecule has 0 aliphatic heterocycles. The van der Waals surface area contributed by atoms with Gasteiger partial charge in [-0.15, -0.1) is 0 Å². The normalized spacial score (nSPS) is 30.6. The molecule has 2 aliphatic carbocycles. The fourth-order valence-corrected chi connectivity index (χ4v) is 5.30. The maximum absolute atomic E-state index is 12.8. The molecule has 4 rings (SSSR count). The van der Waals surface area contributed by atoms with Crippen LogP contribution in [0.15, 0.2) is 9.59 Å². The molecule has 0 amide bonds. The Kier molecular flexibility index (Phi) is 2.81. The third-order valence-corrected chi connectivity index (χ3v) is 7.61. The van der Waals surface area contributed by atoms with Crippen LogP contribution in [0.3, 0.4) is 0 Å². The van der Waals surface area contributed by atoms with E-state index in [9.17, 15) is 14.4 Å². The zero-order valence-electron chi connectivity index (χ0n) is 15.6. The number of aromatic nitrogens is 4. The Morgan fingerprint density at radius 2 is 1.56 bits per heavy atom. The molecule has 7 heteroatoms. The van der Waals surface area contributed by atoms with Gasteiger partial charge in [0.1, 0.15) is 11.6 Å². The van der Waals surface area contributed by atoms with E-state index in [-0.39, 0.29) is 22.2 Å². The number of ketones is 1. The summed E-state index contributed by atoms with van der Waals surface area (Å²) < 4.78 is 4.33. The summed E-state index contributed by atoms with van der Waals surface area (Å²) in [6, 6.07) is 0. The van der Waals surface area contributed by atoms with Gasteiger partial charge in [-0.2, -0.15) is 0 Å². The Morgan fingerprint density at radius 3 is 2.08 bits per heavy atom. The summed E-state index contributed by atoms with van der Waals surface area (Å²) in [7, 11) is 4.92. The van der Waals surface area contributed by atoms with Gasteiger partial charge in [0, 0.05) is 38.4 Å². The average Bonchev–Trinajstić information content (AvgIpc) is 3.05. The molecular weight excluding hydrogens is 320 g/mol. The van der Waals surface area contributed by atoms with Crippen LogP contribution in [-0.2, 0) is 31.4 Å². The second kappa shape index (κ2) is 4.31. The molecule has 2 bridgehead atoms. The van der Waals surface area contributed by atoms with E-state index in [1.807, 2.05) is 11.6 Å². The van der Waals surface area contributed by atoms with E-state index in [1.165, 1.54) is 11.6 Å². The van der Waals surface area contributed by atoms with Crippen molar-refractivity contribution in [3.8, 4) is 0 Å². The Bertz CT molecular complexity index is 1070. The molecule has 0 N–H and O–H groups in total. The second-order valence-electron chi connectivity index (χ2n) is 8.51. The monoisotopic (exact) mass is 344 g/mol. The maximum Gasteiger partial charge on any atom is 0.332 e. The standard InChI is InChI=1S/C18H24N4O3/c1-16(2)17(3)7-8-18(16,9-10(17)23)14-19-12-11(20(14)4)13(24)22(6)15(25)21(12)5/h7-9H2,1-6H3. The Hall–Kier alpha value is -2.18. The summed E-state index contributed by atoms with van der Waals surface area (Å²) in [6.07, 6.45) is 2.15. The minimum Gasteiger partial charge on any atom is -0.325 e. The zero-order chi connectivity index (χ0) is 18.5. The number of carbonyl (C=O) groups excluding carboxylic acids is 1. The highest BCUT2D eigenvalue weighted by Gasteiger charge is 2.71. The van der Waals surface area contributed by atoms with Crippen LogP contribution in [0.25, 0.3) is 11.2 Å². The van der Waals surface area contributed by atoms with Gasteiger partial charge in [-0.3, -0.25) is 18.7 Å². The molecule has 2 saturated carbocycles. The van der Waals surface area contributed by atoms with Gasteiger partial charge in [0.25, 0.3) is 5.56 Å². The van der Waals surface area contributed by atoms with Crippen molar-refractivity contribution in [1.29, 1.82) is 0 Å². The van der Waals surface area contributed by atoms with Crippen LogP contribution < -0.4 is 11.2 Å². The van der Waals surface area contributed by atoms with Gasteiger partial charge in [0.15, 0.2) is 11.2 Å². The Balaban J connectivity index is 2.11. The van der Waals surface area contributed by atoms with E-state index < -0.39 is 11.1 Å². The number of aryl methyl sites for hydroxylation is 2. The van der Waals surface area contributed by atoms with Gasteiger partial charge in [-0.25, -0.2) is 9.78 Å². The van der Waals surface area contributed by atoms with E-state index in [1.54, 1.807) is 7.05 Å². The SMILES string of the molecule is Cn1c(=O)c2c(nc(C34CCC(C)(C(=O)C3)C4(C)C)n2C)n(C)c1=O. The van der Waals surface area contributed by atoms with Crippen molar-refractivity contribution in [3.05, 3.63) is 26.7 Å². The molecule has 0 radical (unpaired) electrons. The van der Waals surface area contributed by atoms with Gasteiger partial charge < -0.3 is 4.57 Å². The topological polar surface area (TPSA) is 78.9 Å². The molecule has 0 aromatic carbocycles. The molecule has 0 saturated heterocycles. The van der Waals surface area contributed by atoms with Crippen molar-refractivity contribution in [2.75, 3.05) is 0 Å². The first-order valence-electron chi connectivity index (χ1n) is 8.66. The van der Waals surface area contributed by atoms with Crippen LogP contribution >= 0.6 is 0 Å². The lowest BCUT2D eigenvalue weighted by atomic mass is 9.64. The highest BCUT2D eigenvalue weighted by Crippen LogP contribution is 2.70. The van der Waals surface area contributed by atoms with Crippen LogP contribution in [0.4, 0.5) is 0 Å². The van der Waals surface area contributed by atoms with Gasteiger partial charge >= 0.3 is 5.69 Å². The lowest BCUT2D eigenvalue weighted by molar-refractivity contribution is -0.128. The predicted octanol–water partition coefficient (Wildman–Crippen LogP) is 1.01. The van der Waals surface area contributed by atoms with E-state index in [2.05, 4.69) is 20.8 Å². The van der Waals surface area contributed by atoms with Crippen LogP contribution in [0, 0.1) is 10.8 Å². The van der Waals surface area contributed by atoms with E-state index in [0.29, 0.717) is 17.6 Å². The number of hydrogen-bond donors (Lipinski definition) is 0. The van der Waals surface area contributed by atoms with Crippen LogP contribution in [0.5, 0.6) is 0 Å². The molecule has 2 unspecified atom stereocenters. The molecule has 2 aromatic heterocycles. The molecule has 2 aromatic rings. The van der Waals surface area contributed by atoms with E-state index >= 15 is 0 Å². The molecule has 0 spiro atoms. The number of imidazole rings is 1. The first-order chi connectivity index (χ1) is 11.5. The lowest BCUT2D eigenvalue weighted by Crippen LogP contribution is -2.40. The third-order valence-electron chi connectivity index (χ3n) is 7.61. The molecular formula is C18H24N4O3. The molecule has 2 fully saturated rings. The molecule has 2 heterocycles. The van der Waals surface area contributed by atoms with E-state index in [4.69, 9.17) is 4.98 Å². The van der Waals surface area contributed by atoms with Crippen LogP contribution in [0.2, 0.25) is 0 Å². The van der Waals surface area contributed by atoms with Crippen molar-refractivity contribution in [1.82, 2.24) is 18.7 Å². The molecule has 7 nitrogen and oxygen atoms in total. The Morgan fingerprint density at radius 1 is 0.920 bits per heavy atom. The zero-order valence-corrected chi connectivity index (χ0v) is 15.6. The maximum atomic E-state index is 12.8. The molecule has 134 valence electrons. The fourth-order valence-electron chi connectivity index (χ4n) is 5.30. The summed E-state index contributed by atoms with van der Waals surface area (Å²) >= 11 is 0. The first-order valence-corrected chi connectivity index (χ1v) is 8.66. The highest BCUT2D eigenvalue weighted by molar-refractivity contribution is 5.91. The van der Waals surface area contributed by atoms with Crippen molar-refractivity contribution in [2.24, 2.45) is 32.0 Å². The first kappa shape index (κ1) is 16.3. The lowest BCUT2D eigenvalue weighted by Gasteiger charge is -2.39. The van der Waals surface area contributed by atoms with Gasteiger partial charge in [0.05, 0.1) is 0 Å². The summed E-state index contributed by atoms with van der Waals surface area (Å²) in [5.74, 6) is 1.03. The summed E-state index contributed by atoms with van der Waals surface area (Å²) in [6.45, 7) is 6.34. The van der Waals surface area contributed by atoms with Crippen molar-refractivity contribution in [2.45, 2.75) is 45.4 Å². The second-order valence-corrected chi connectivity index (χ2v) is 8.51. The highest BCUT2D eigenvalue weighted by atomic mass is 16.2. The number of fused-ring (bicyclic) bond motifs is 3. The predicted molar refractivity (Wildman–Crippen MR) is 93.6 cm³/mol. The largest absolute Gasteiger partial charge is 0.332 e. The Labute approximate surface area is 145 Å².